The van der Waals surface area contributed by atoms with Gasteiger partial charge in [-0.25, -0.2) is 0 Å². The van der Waals surface area contributed by atoms with Crippen molar-refractivity contribution >= 4 is 5.78 Å². The molecule has 0 bridgehead atoms. The average molecular weight is 285 g/mol. The molecular weight excluding hydrogens is 267 g/mol. The highest BCUT2D eigenvalue weighted by atomic mass is 19.4. The number of hydrogen-bond acceptors (Lipinski definition) is 2. The minimum Gasteiger partial charge on any atom is -0.330 e. The lowest BCUT2D eigenvalue weighted by Crippen LogP contribution is -2.32. The van der Waals surface area contributed by atoms with Gasteiger partial charge in [0.25, 0.3) is 0 Å². The van der Waals surface area contributed by atoms with Gasteiger partial charge in [-0.15, -0.1) is 0 Å². The first-order valence-corrected chi connectivity index (χ1v) is 6.85. The average Bonchev–Trinajstić information content (AvgIpc) is 2.45. The van der Waals surface area contributed by atoms with Gasteiger partial charge in [-0.05, 0) is 37.4 Å². The summed E-state index contributed by atoms with van der Waals surface area (Å²) in [4.78, 5) is 12.4. The number of ketones is 1. The summed E-state index contributed by atoms with van der Waals surface area (Å²) < 4.78 is 37.5. The van der Waals surface area contributed by atoms with Gasteiger partial charge in [-0.1, -0.05) is 25.0 Å². The maximum absolute atomic E-state index is 12.5. The third-order valence-electron chi connectivity index (χ3n) is 4.05. The molecule has 0 spiro atoms. The summed E-state index contributed by atoms with van der Waals surface area (Å²) in [7, 11) is 0. The monoisotopic (exact) mass is 285 g/mol. The molecule has 0 amide bonds. The van der Waals surface area contributed by atoms with Crippen molar-refractivity contribution in [3.63, 3.8) is 0 Å². The van der Waals surface area contributed by atoms with Crippen LogP contribution < -0.4 is 5.73 Å². The van der Waals surface area contributed by atoms with E-state index in [2.05, 4.69) is 0 Å². The second-order valence-corrected chi connectivity index (χ2v) is 5.33. The van der Waals surface area contributed by atoms with Gasteiger partial charge in [0.2, 0.25) is 0 Å². The van der Waals surface area contributed by atoms with Crippen LogP contribution in [0.2, 0.25) is 0 Å². The van der Waals surface area contributed by atoms with Crippen LogP contribution in [0.15, 0.2) is 24.3 Å². The first-order valence-electron chi connectivity index (χ1n) is 6.85. The largest absolute Gasteiger partial charge is 0.416 e. The van der Waals surface area contributed by atoms with Crippen molar-refractivity contribution in [3.05, 3.63) is 35.4 Å². The van der Waals surface area contributed by atoms with E-state index in [0.29, 0.717) is 12.1 Å². The van der Waals surface area contributed by atoms with Crippen LogP contribution in [0.4, 0.5) is 13.2 Å². The number of halogens is 3. The molecule has 2 atom stereocenters. The molecule has 1 aromatic carbocycles. The summed E-state index contributed by atoms with van der Waals surface area (Å²) in [5.41, 5.74) is 5.31. The minimum absolute atomic E-state index is 0.0751. The van der Waals surface area contributed by atoms with Crippen LogP contribution in [0.1, 0.15) is 41.6 Å². The molecule has 1 aliphatic carbocycles. The molecular formula is C15H18F3NO. The smallest absolute Gasteiger partial charge is 0.330 e. The van der Waals surface area contributed by atoms with E-state index >= 15 is 0 Å². The lowest BCUT2D eigenvalue weighted by Gasteiger charge is -2.29. The number of nitrogens with two attached hydrogens (primary N) is 1. The number of rotatable bonds is 3. The third-order valence-corrected chi connectivity index (χ3v) is 4.05. The van der Waals surface area contributed by atoms with Crippen LogP contribution in [-0.4, -0.2) is 12.3 Å². The van der Waals surface area contributed by atoms with E-state index in [1.165, 1.54) is 12.1 Å². The molecule has 0 saturated heterocycles. The highest BCUT2D eigenvalue weighted by Crippen LogP contribution is 2.33. The lowest BCUT2D eigenvalue weighted by molar-refractivity contribution is -0.137. The summed E-state index contributed by atoms with van der Waals surface area (Å²) in [5.74, 6) is -0.0714. The fourth-order valence-electron chi connectivity index (χ4n) is 2.87. The van der Waals surface area contributed by atoms with E-state index < -0.39 is 11.7 Å². The Morgan fingerprint density at radius 1 is 1.15 bits per heavy atom. The Kier molecular flexibility index (Phi) is 4.48. The van der Waals surface area contributed by atoms with Gasteiger partial charge in [0.15, 0.2) is 5.78 Å². The molecule has 0 aliphatic heterocycles. The Bertz CT molecular complexity index is 467. The summed E-state index contributed by atoms with van der Waals surface area (Å²) >= 11 is 0. The van der Waals surface area contributed by atoms with E-state index in [1.807, 2.05) is 0 Å². The maximum atomic E-state index is 12.5. The Labute approximate surface area is 116 Å². The number of carbonyl (C=O) groups excluding carboxylic acids is 1. The van der Waals surface area contributed by atoms with Crippen molar-refractivity contribution in [1.82, 2.24) is 0 Å². The van der Waals surface area contributed by atoms with Crippen LogP contribution in [0.5, 0.6) is 0 Å². The predicted octanol–water partition coefficient (Wildman–Crippen LogP) is 3.65. The fraction of sp³-hybridized carbons (Fsp3) is 0.533. The van der Waals surface area contributed by atoms with Gasteiger partial charge in [-0.2, -0.15) is 13.2 Å². The molecule has 1 aliphatic rings. The second-order valence-electron chi connectivity index (χ2n) is 5.33. The van der Waals surface area contributed by atoms with Crippen molar-refractivity contribution in [2.45, 2.75) is 31.9 Å². The molecule has 0 heterocycles. The summed E-state index contributed by atoms with van der Waals surface area (Å²) in [6.07, 6.45) is -0.617. The van der Waals surface area contributed by atoms with Crippen molar-refractivity contribution in [1.29, 1.82) is 0 Å². The van der Waals surface area contributed by atoms with Gasteiger partial charge in [-0.3, -0.25) is 4.79 Å². The standard InChI is InChI=1S/C15H18F3NO/c16-15(17,18)12-7-5-10(6-8-12)14(20)13-4-2-1-3-11(13)9-19/h5-8,11,13H,1-4,9,19H2. The number of hydrogen-bond donors (Lipinski definition) is 1. The SMILES string of the molecule is NCC1CCCCC1C(=O)c1ccc(C(F)(F)F)cc1. The molecule has 2 rings (SSSR count). The molecule has 20 heavy (non-hydrogen) atoms. The molecule has 2 unspecified atom stereocenters. The van der Waals surface area contributed by atoms with Crippen LogP contribution >= 0.6 is 0 Å². The Balaban J connectivity index is 2.16. The third kappa shape index (κ3) is 3.20. The zero-order chi connectivity index (χ0) is 14.8. The molecule has 110 valence electrons. The second kappa shape index (κ2) is 5.95. The van der Waals surface area contributed by atoms with Gasteiger partial charge in [0, 0.05) is 11.5 Å². The Morgan fingerprint density at radius 2 is 1.75 bits per heavy atom. The van der Waals surface area contributed by atoms with Crippen molar-refractivity contribution < 1.29 is 18.0 Å². The minimum atomic E-state index is -4.37. The molecule has 1 saturated carbocycles. The van der Waals surface area contributed by atoms with Gasteiger partial charge in [0.05, 0.1) is 5.56 Å². The topological polar surface area (TPSA) is 43.1 Å². The van der Waals surface area contributed by atoms with Gasteiger partial charge in [0.1, 0.15) is 0 Å². The van der Waals surface area contributed by atoms with Crippen molar-refractivity contribution in [3.8, 4) is 0 Å². The van der Waals surface area contributed by atoms with E-state index in [4.69, 9.17) is 5.73 Å². The highest BCUT2D eigenvalue weighted by Gasteiger charge is 2.32. The van der Waals surface area contributed by atoms with E-state index in [1.54, 1.807) is 0 Å². The molecule has 0 radical (unpaired) electrons. The molecule has 2 nitrogen and oxygen atoms in total. The van der Waals surface area contributed by atoms with E-state index in [9.17, 15) is 18.0 Å². The molecule has 5 heteroatoms. The summed E-state index contributed by atoms with van der Waals surface area (Å²) in [6, 6.07) is 4.47. The van der Waals surface area contributed by atoms with Crippen LogP contribution in [0, 0.1) is 11.8 Å². The maximum Gasteiger partial charge on any atom is 0.416 e. The zero-order valence-corrected chi connectivity index (χ0v) is 11.1. The number of alkyl halides is 3. The van der Waals surface area contributed by atoms with Crippen LogP contribution in [0.3, 0.4) is 0 Å². The zero-order valence-electron chi connectivity index (χ0n) is 11.1. The number of benzene rings is 1. The summed E-state index contributed by atoms with van der Waals surface area (Å²) in [6.45, 7) is 0.455. The lowest BCUT2D eigenvalue weighted by atomic mass is 9.75. The summed E-state index contributed by atoms with van der Waals surface area (Å²) in [5, 5.41) is 0. The molecule has 0 aromatic heterocycles. The Morgan fingerprint density at radius 3 is 2.30 bits per heavy atom. The van der Waals surface area contributed by atoms with Crippen molar-refractivity contribution in [2.75, 3.05) is 6.54 Å². The normalized spacial score (nSPS) is 23.6. The van der Waals surface area contributed by atoms with Gasteiger partial charge >= 0.3 is 6.18 Å². The molecule has 1 fully saturated rings. The fourth-order valence-corrected chi connectivity index (χ4v) is 2.87. The highest BCUT2D eigenvalue weighted by molar-refractivity contribution is 5.98. The predicted molar refractivity (Wildman–Crippen MR) is 70.3 cm³/mol. The first-order chi connectivity index (χ1) is 9.43. The first kappa shape index (κ1) is 15.0. The molecule has 1 aromatic rings. The van der Waals surface area contributed by atoms with Gasteiger partial charge < -0.3 is 5.73 Å². The van der Waals surface area contributed by atoms with Crippen molar-refractivity contribution in [2.24, 2.45) is 17.6 Å². The van der Waals surface area contributed by atoms with Crippen LogP contribution in [-0.2, 0) is 6.18 Å². The quantitative estimate of drug-likeness (QED) is 0.861. The number of carbonyl (C=O) groups is 1. The number of Topliss-reactive ketones (excluding diaryl/α,β-unsaturated/α-hetero) is 1. The van der Waals surface area contributed by atoms with E-state index in [-0.39, 0.29) is 17.6 Å². The molecule has 2 N–H and O–H groups in total. The van der Waals surface area contributed by atoms with E-state index in [0.717, 1.165) is 37.8 Å². The van der Waals surface area contributed by atoms with Crippen LogP contribution in [0.25, 0.3) is 0 Å². The Hall–Kier alpha value is -1.36.